The molecule has 12 rings (SSSR count). The maximum Gasteiger partial charge on any atom is 0.0658 e. The van der Waals surface area contributed by atoms with Gasteiger partial charge in [-0.3, -0.25) is 0 Å². The van der Waals surface area contributed by atoms with E-state index in [2.05, 4.69) is 146 Å². The molecule has 6 aliphatic rings. The van der Waals surface area contributed by atoms with E-state index in [-0.39, 0.29) is 10.5 Å². The molecule has 0 saturated heterocycles. The zero-order valence-corrected chi connectivity index (χ0v) is 24.2. The van der Waals surface area contributed by atoms with Crippen molar-refractivity contribution in [3.05, 3.63) is 212 Å². The Bertz CT molecular complexity index is 1700. The monoisotopic (exact) mass is 548 g/mol. The minimum Gasteiger partial charge on any atom is -0.0619 e. The second-order valence-corrected chi connectivity index (χ2v) is 13.9. The Morgan fingerprint density at radius 3 is 0.952 bits per heavy atom. The topological polar surface area (TPSA) is 0 Å². The highest BCUT2D eigenvalue weighted by molar-refractivity contribution is 6.44. The van der Waals surface area contributed by atoms with E-state index >= 15 is 0 Å². The molecular weight excluding hydrogens is 521 g/mol. The number of hydrogen-bond donors (Lipinski definition) is 0. The molecule has 0 atom stereocenters. The first-order valence-corrected chi connectivity index (χ1v) is 16.4. The number of hydrogen-bond acceptors (Lipinski definition) is 0. The lowest BCUT2D eigenvalue weighted by Gasteiger charge is -2.54. The summed E-state index contributed by atoms with van der Waals surface area (Å²) in [6.07, 6.45) is 0. The molecule has 2 radical (unpaired) electrons. The van der Waals surface area contributed by atoms with Gasteiger partial charge in [-0.25, -0.2) is 0 Å². The molecule has 0 saturated carbocycles. The van der Waals surface area contributed by atoms with E-state index in [1.807, 2.05) is 0 Å². The molecule has 0 spiro atoms. The van der Waals surface area contributed by atoms with Crippen LogP contribution in [0, 0.1) is 0 Å². The van der Waals surface area contributed by atoms with Crippen LogP contribution in [0.1, 0.15) is 78.6 Å². The second kappa shape index (κ2) is 8.09. The van der Waals surface area contributed by atoms with Crippen LogP contribution in [0.2, 0.25) is 6.04 Å². The highest BCUT2D eigenvalue weighted by atomic mass is 28.2. The van der Waals surface area contributed by atoms with E-state index in [9.17, 15) is 0 Å². The van der Waals surface area contributed by atoms with Gasteiger partial charge in [0.15, 0.2) is 0 Å². The van der Waals surface area contributed by atoms with E-state index < -0.39 is 0 Å². The lowest BCUT2D eigenvalue weighted by atomic mass is 9.53. The van der Waals surface area contributed by atoms with Crippen molar-refractivity contribution in [2.75, 3.05) is 0 Å². The lowest BCUT2D eigenvalue weighted by molar-refractivity contribution is 0.582. The third kappa shape index (κ3) is 2.57. The molecule has 42 heavy (non-hydrogen) atoms. The molecule has 6 aromatic carbocycles. The fourth-order valence-corrected chi connectivity index (χ4v) is 11.8. The van der Waals surface area contributed by atoms with Crippen LogP contribution >= 0.6 is 0 Å². The van der Waals surface area contributed by atoms with Gasteiger partial charge in [0.25, 0.3) is 0 Å². The summed E-state index contributed by atoms with van der Waals surface area (Å²) in [5.74, 6) is 0.620. The largest absolute Gasteiger partial charge is 0.0658 e. The maximum atomic E-state index is 2.44. The molecule has 4 bridgehead atoms. The van der Waals surface area contributed by atoms with Crippen molar-refractivity contribution >= 4 is 9.52 Å². The molecule has 0 heterocycles. The molecule has 0 N–H and O–H groups in total. The average molecular weight is 549 g/mol. The molecule has 0 fully saturated rings. The van der Waals surface area contributed by atoms with Gasteiger partial charge in [-0.05, 0) is 72.8 Å². The van der Waals surface area contributed by atoms with E-state index in [0.29, 0.717) is 21.4 Å². The van der Waals surface area contributed by atoms with Crippen LogP contribution in [0.5, 0.6) is 0 Å². The first-order chi connectivity index (χ1) is 20.8. The van der Waals surface area contributed by atoms with Crippen LogP contribution in [-0.2, 0) is 10.5 Å². The lowest BCUT2D eigenvalue weighted by Crippen LogP contribution is -2.50. The van der Waals surface area contributed by atoms with Gasteiger partial charge in [-0.15, -0.1) is 0 Å². The predicted octanol–water partition coefficient (Wildman–Crippen LogP) is 8.75. The zero-order chi connectivity index (χ0) is 27.5. The normalized spacial score (nSPS) is 24.6. The molecule has 0 nitrogen and oxygen atoms in total. The minimum absolute atomic E-state index is 0.166. The van der Waals surface area contributed by atoms with Crippen molar-refractivity contribution < 1.29 is 0 Å². The van der Waals surface area contributed by atoms with Crippen molar-refractivity contribution in [2.45, 2.75) is 28.3 Å². The van der Waals surface area contributed by atoms with Crippen molar-refractivity contribution in [1.82, 2.24) is 0 Å². The van der Waals surface area contributed by atoms with Crippen LogP contribution in [-0.4, -0.2) is 9.52 Å². The van der Waals surface area contributed by atoms with Gasteiger partial charge in [0, 0.05) is 22.3 Å². The van der Waals surface area contributed by atoms with Gasteiger partial charge in [-0.2, -0.15) is 0 Å². The Labute approximate surface area is 249 Å². The Kier molecular flexibility index (Phi) is 4.46. The molecule has 1 heteroatoms. The molecular formula is C41H28Si. The van der Waals surface area contributed by atoms with Gasteiger partial charge in [0.05, 0.1) is 9.52 Å². The zero-order valence-electron chi connectivity index (χ0n) is 23.2. The van der Waals surface area contributed by atoms with Crippen LogP contribution in [0.25, 0.3) is 0 Å². The number of rotatable bonds is 3. The summed E-state index contributed by atoms with van der Waals surface area (Å²) < 4.78 is 0. The molecule has 0 aliphatic heterocycles. The first-order valence-electron chi connectivity index (χ1n) is 15.2. The summed E-state index contributed by atoms with van der Waals surface area (Å²) >= 11 is 0. The van der Waals surface area contributed by atoms with Crippen molar-refractivity contribution in [2.24, 2.45) is 0 Å². The van der Waals surface area contributed by atoms with Crippen molar-refractivity contribution in [3.8, 4) is 0 Å². The smallest absolute Gasteiger partial charge is 0.0619 e. The third-order valence-corrected chi connectivity index (χ3v) is 12.9. The molecule has 6 aromatic rings. The van der Waals surface area contributed by atoms with Gasteiger partial charge in [0.1, 0.15) is 0 Å². The second-order valence-electron chi connectivity index (χ2n) is 12.4. The standard InChI is InChI=1S/C41H28Si/c1-7-19-32-26(13-1)38-27-14-2-8-20-33(27)40(32,34-21-9-3-15-28(34)38)25-42-41-35-22-10-4-16-29(35)39(30-17-5-11-23-36(30)41)31-18-6-12-24-37(31)41/h1-24,38-39H,25H2. The van der Waals surface area contributed by atoms with Crippen LogP contribution in [0.4, 0.5) is 0 Å². The van der Waals surface area contributed by atoms with Gasteiger partial charge in [-0.1, -0.05) is 146 Å². The Morgan fingerprint density at radius 1 is 0.357 bits per heavy atom. The highest BCUT2D eigenvalue weighted by Crippen LogP contribution is 2.63. The maximum absolute atomic E-state index is 2.44. The summed E-state index contributed by atoms with van der Waals surface area (Å²) in [5, 5.41) is -0.166. The van der Waals surface area contributed by atoms with Crippen molar-refractivity contribution in [1.29, 1.82) is 0 Å². The Balaban J connectivity index is 1.27. The van der Waals surface area contributed by atoms with Crippen molar-refractivity contribution in [3.63, 3.8) is 0 Å². The quantitative estimate of drug-likeness (QED) is 0.194. The van der Waals surface area contributed by atoms with E-state index in [4.69, 9.17) is 0 Å². The summed E-state index contributed by atoms with van der Waals surface area (Å²) in [7, 11) is 0.660. The van der Waals surface area contributed by atoms with Gasteiger partial charge >= 0.3 is 0 Å². The van der Waals surface area contributed by atoms with E-state index in [0.717, 1.165) is 6.04 Å². The number of benzene rings is 6. The molecule has 0 aromatic heterocycles. The molecule has 0 amide bonds. The summed E-state index contributed by atoms with van der Waals surface area (Å²) in [6.45, 7) is 0. The van der Waals surface area contributed by atoms with Crippen LogP contribution < -0.4 is 0 Å². The SMILES string of the molecule is c1ccc2c(c1)C1c3ccccc3C2(C[Si]C23c4ccccc4C(c4ccccc42)c2ccccc23)c2ccccc21. The fourth-order valence-electron chi connectivity index (χ4n) is 9.40. The van der Waals surface area contributed by atoms with Gasteiger partial charge < -0.3 is 0 Å². The van der Waals surface area contributed by atoms with Gasteiger partial charge in [0.2, 0.25) is 0 Å². The summed E-state index contributed by atoms with van der Waals surface area (Å²) in [4.78, 5) is 0. The average Bonchev–Trinajstić information content (AvgIpc) is 3.07. The Hall–Kier alpha value is -4.46. The van der Waals surface area contributed by atoms with E-state index in [1.165, 1.54) is 66.8 Å². The molecule has 196 valence electrons. The highest BCUT2D eigenvalue weighted by Gasteiger charge is 2.56. The third-order valence-electron chi connectivity index (χ3n) is 10.8. The first kappa shape index (κ1) is 23.1. The van der Waals surface area contributed by atoms with Crippen LogP contribution in [0.3, 0.4) is 0 Å². The summed E-state index contributed by atoms with van der Waals surface area (Å²) in [6, 6.07) is 57.1. The fraction of sp³-hybridized carbons (Fsp3) is 0.122. The predicted molar refractivity (Wildman–Crippen MR) is 171 cm³/mol. The summed E-state index contributed by atoms with van der Waals surface area (Å²) in [5.41, 5.74) is 17.8. The minimum atomic E-state index is -0.182. The molecule has 6 aliphatic carbocycles. The Morgan fingerprint density at radius 2 is 0.619 bits per heavy atom. The van der Waals surface area contributed by atoms with E-state index in [1.54, 1.807) is 0 Å². The van der Waals surface area contributed by atoms with Crippen LogP contribution in [0.15, 0.2) is 146 Å². The molecule has 0 unspecified atom stereocenters.